The van der Waals surface area contributed by atoms with E-state index in [4.69, 9.17) is 0 Å². The molecular weight excluding hydrogens is 172 g/mol. The van der Waals surface area contributed by atoms with Gasteiger partial charge in [-0.2, -0.15) is 0 Å². The molecule has 0 aliphatic carbocycles. The van der Waals surface area contributed by atoms with Crippen molar-refractivity contribution < 1.29 is 0 Å². The standard InChI is InChI=1S/C12H14N2/c1-13-7-6-11-9-14-8-10-4-2-3-5-12(10)11/h2-5,8-9,13H,6-7H2,1H3. The lowest BCUT2D eigenvalue weighted by atomic mass is 10.1. The normalized spacial score (nSPS) is 10.6. The minimum absolute atomic E-state index is 0.996. The molecule has 14 heavy (non-hydrogen) atoms. The Morgan fingerprint density at radius 1 is 1.21 bits per heavy atom. The number of fused-ring (bicyclic) bond motifs is 1. The van der Waals surface area contributed by atoms with Crippen LogP contribution in [-0.4, -0.2) is 18.6 Å². The Balaban J connectivity index is 2.43. The molecule has 2 heteroatoms. The fourth-order valence-corrected chi connectivity index (χ4v) is 1.64. The van der Waals surface area contributed by atoms with Crippen LogP contribution in [0.15, 0.2) is 36.7 Å². The first-order valence-corrected chi connectivity index (χ1v) is 4.88. The third-order valence-electron chi connectivity index (χ3n) is 2.40. The molecule has 0 radical (unpaired) electrons. The second-order valence-corrected chi connectivity index (χ2v) is 3.37. The predicted molar refractivity (Wildman–Crippen MR) is 59.4 cm³/mol. The molecular formula is C12H14N2. The fourth-order valence-electron chi connectivity index (χ4n) is 1.64. The molecule has 0 saturated carbocycles. The summed E-state index contributed by atoms with van der Waals surface area (Å²) >= 11 is 0. The van der Waals surface area contributed by atoms with E-state index in [1.807, 2.05) is 25.5 Å². The molecule has 1 N–H and O–H groups in total. The van der Waals surface area contributed by atoms with E-state index in [1.165, 1.54) is 16.3 Å². The van der Waals surface area contributed by atoms with Gasteiger partial charge in [-0.1, -0.05) is 24.3 Å². The number of hydrogen-bond acceptors (Lipinski definition) is 2. The lowest BCUT2D eigenvalue weighted by Gasteiger charge is -2.04. The van der Waals surface area contributed by atoms with Gasteiger partial charge < -0.3 is 5.32 Å². The second-order valence-electron chi connectivity index (χ2n) is 3.37. The van der Waals surface area contributed by atoms with E-state index in [0.29, 0.717) is 0 Å². The largest absolute Gasteiger partial charge is 0.319 e. The average molecular weight is 186 g/mol. The Morgan fingerprint density at radius 2 is 2.07 bits per heavy atom. The van der Waals surface area contributed by atoms with Crippen molar-refractivity contribution in [3.05, 3.63) is 42.2 Å². The Hall–Kier alpha value is -1.41. The minimum atomic E-state index is 0.996. The number of hydrogen-bond donors (Lipinski definition) is 1. The van der Waals surface area contributed by atoms with Crippen molar-refractivity contribution in [2.45, 2.75) is 6.42 Å². The molecule has 0 atom stereocenters. The van der Waals surface area contributed by atoms with Gasteiger partial charge in [-0.05, 0) is 31.0 Å². The summed E-state index contributed by atoms with van der Waals surface area (Å²) in [6.45, 7) is 0.996. The number of likely N-dealkylation sites (N-methyl/N-ethyl adjacent to an activating group) is 1. The lowest BCUT2D eigenvalue weighted by molar-refractivity contribution is 0.793. The van der Waals surface area contributed by atoms with Crippen LogP contribution in [0.2, 0.25) is 0 Å². The SMILES string of the molecule is CNCCc1cncc2ccccc12. The van der Waals surface area contributed by atoms with E-state index in [2.05, 4.69) is 28.5 Å². The Bertz CT molecular complexity index is 418. The molecule has 1 heterocycles. The number of pyridine rings is 1. The van der Waals surface area contributed by atoms with Gasteiger partial charge in [0.2, 0.25) is 0 Å². The molecule has 0 bridgehead atoms. The van der Waals surface area contributed by atoms with Gasteiger partial charge in [-0.3, -0.25) is 4.98 Å². The lowest BCUT2D eigenvalue weighted by Crippen LogP contribution is -2.10. The topological polar surface area (TPSA) is 24.9 Å². The first kappa shape index (κ1) is 9.16. The monoisotopic (exact) mass is 186 g/mol. The molecule has 1 aromatic carbocycles. The molecule has 2 rings (SSSR count). The molecule has 0 aliphatic heterocycles. The highest BCUT2D eigenvalue weighted by atomic mass is 14.8. The van der Waals surface area contributed by atoms with Crippen LogP contribution < -0.4 is 5.32 Å². The third-order valence-corrected chi connectivity index (χ3v) is 2.40. The van der Waals surface area contributed by atoms with Crippen LogP contribution >= 0.6 is 0 Å². The highest BCUT2D eigenvalue weighted by Crippen LogP contribution is 2.16. The Kier molecular flexibility index (Phi) is 2.75. The van der Waals surface area contributed by atoms with Crippen LogP contribution in [0.5, 0.6) is 0 Å². The van der Waals surface area contributed by atoms with E-state index in [-0.39, 0.29) is 0 Å². The summed E-state index contributed by atoms with van der Waals surface area (Å²) in [5.74, 6) is 0. The molecule has 72 valence electrons. The van der Waals surface area contributed by atoms with Crippen molar-refractivity contribution in [3.63, 3.8) is 0 Å². The predicted octanol–water partition coefficient (Wildman–Crippen LogP) is 2.00. The third kappa shape index (κ3) is 1.75. The van der Waals surface area contributed by atoms with E-state index in [9.17, 15) is 0 Å². The maximum Gasteiger partial charge on any atom is 0.0346 e. The fraction of sp³-hybridized carbons (Fsp3) is 0.250. The quantitative estimate of drug-likeness (QED) is 0.793. The summed E-state index contributed by atoms with van der Waals surface area (Å²) in [7, 11) is 1.97. The zero-order valence-corrected chi connectivity index (χ0v) is 8.33. The molecule has 0 unspecified atom stereocenters. The number of nitrogens with zero attached hydrogens (tertiary/aromatic N) is 1. The first-order chi connectivity index (χ1) is 6.92. The average Bonchev–Trinajstić information content (AvgIpc) is 2.26. The zero-order valence-electron chi connectivity index (χ0n) is 8.33. The molecule has 0 spiro atoms. The molecule has 0 saturated heterocycles. The summed E-state index contributed by atoms with van der Waals surface area (Å²) in [4.78, 5) is 4.24. The molecule has 0 fully saturated rings. The Labute approximate surface area is 84.0 Å². The Morgan fingerprint density at radius 3 is 2.93 bits per heavy atom. The van der Waals surface area contributed by atoms with Gasteiger partial charge in [0.15, 0.2) is 0 Å². The van der Waals surface area contributed by atoms with Crippen molar-refractivity contribution in [1.82, 2.24) is 10.3 Å². The minimum Gasteiger partial charge on any atom is -0.319 e. The van der Waals surface area contributed by atoms with E-state index in [0.717, 1.165) is 13.0 Å². The molecule has 2 aromatic rings. The summed E-state index contributed by atoms with van der Waals surface area (Å²) in [6, 6.07) is 8.38. The van der Waals surface area contributed by atoms with Crippen LogP contribution in [0, 0.1) is 0 Å². The highest BCUT2D eigenvalue weighted by Gasteiger charge is 1.99. The molecule has 2 nitrogen and oxygen atoms in total. The summed E-state index contributed by atoms with van der Waals surface area (Å²) in [6.07, 6.45) is 4.91. The van der Waals surface area contributed by atoms with Gasteiger partial charge in [0.1, 0.15) is 0 Å². The van der Waals surface area contributed by atoms with Crippen molar-refractivity contribution in [1.29, 1.82) is 0 Å². The summed E-state index contributed by atoms with van der Waals surface area (Å²) < 4.78 is 0. The van der Waals surface area contributed by atoms with Gasteiger partial charge in [-0.15, -0.1) is 0 Å². The summed E-state index contributed by atoms with van der Waals surface area (Å²) in [5, 5.41) is 5.69. The van der Waals surface area contributed by atoms with E-state index >= 15 is 0 Å². The van der Waals surface area contributed by atoms with Crippen LogP contribution in [0.4, 0.5) is 0 Å². The number of rotatable bonds is 3. The van der Waals surface area contributed by atoms with Crippen LogP contribution in [0.25, 0.3) is 10.8 Å². The second kappa shape index (κ2) is 4.20. The van der Waals surface area contributed by atoms with Gasteiger partial charge in [0, 0.05) is 17.8 Å². The number of benzene rings is 1. The van der Waals surface area contributed by atoms with Crippen LogP contribution in [0.1, 0.15) is 5.56 Å². The van der Waals surface area contributed by atoms with Gasteiger partial charge in [-0.25, -0.2) is 0 Å². The van der Waals surface area contributed by atoms with Gasteiger partial charge in [0.05, 0.1) is 0 Å². The zero-order chi connectivity index (χ0) is 9.80. The van der Waals surface area contributed by atoms with Crippen molar-refractivity contribution in [2.24, 2.45) is 0 Å². The molecule has 0 aliphatic rings. The van der Waals surface area contributed by atoms with E-state index in [1.54, 1.807) is 0 Å². The first-order valence-electron chi connectivity index (χ1n) is 4.88. The maximum absolute atomic E-state index is 4.24. The maximum atomic E-state index is 4.24. The van der Waals surface area contributed by atoms with Crippen LogP contribution in [0.3, 0.4) is 0 Å². The molecule has 0 amide bonds. The summed E-state index contributed by atoms with van der Waals surface area (Å²) in [5.41, 5.74) is 1.32. The number of nitrogens with one attached hydrogen (secondary N) is 1. The van der Waals surface area contributed by atoms with Crippen molar-refractivity contribution >= 4 is 10.8 Å². The van der Waals surface area contributed by atoms with Gasteiger partial charge in [0.25, 0.3) is 0 Å². The number of aromatic nitrogens is 1. The van der Waals surface area contributed by atoms with Crippen LogP contribution in [-0.2, 0) is 6.42 Å². The smallest absolute Gasteiger partial charge is 0.0346 e. The highest BCUT2D eigenvalue weighted by molar-refractivity contribution is 5.84. The van der Waals surface area contributed by atoms with E-state index < -0.39 is 0 Å². The van der Waals surface area contributed by atoms with Gasteiger partial charge >= 0.3 is 0 Å². The van der Waals surface area contributed by atoms with Crippen molar-refractivity contribution in [3.8, 4) is 0 Å². The molecule has 1 aromatic heterocycles. The van der Waals surface area contributed by atoms with Crippen molar-refractivity contribution in [2.75, 3.05) is 13.6 Å².